The van der Waals surface area contributed by atoms with E-state index in [1.54, 1.807) is 20.3 Å². The van der Waals surface area contributed by atoms with Crippen LogP contribution in [-0.2, 0) is 11.2 Å². The molecule has 9 heteroatoms. The first-order chi connectivity index (χ1) is 13.4. The molecule has 2 aromatic rings. The fourth-order valence-corrected chi connectivity index (χ4v) is 2.98. The lowest BCUT2D eigenvalue weighted by Crippen LogP contribution is -2.27. The molecule has 2 aromatic carbocycles. The molecule has 1 amide bonds. The van der Waals surface area contributed by atoms with E-state index in [1.807, 2.05) is 12.1 Å². The molecule has 28 heavy (non-hydrogen) atoms. The fraction of sp³-hybridized carbons (Fsp3) is 0.316. The molecule has 0 aliphatic heterocycles. The van der Waals surface area contributed by atoms with Crippen molar-refractivity contribution in [1.82, 2.24) is 5.32 Å². The Morgan fingerprint density at radius 1 is 1.18 bits per heavy atom. The minimum absolute atomic E-state index is 0.0533. The van der Waals surface area contributed by atoms with Crippen LogP contribution >= 0.6 is 15.9 Å². The number of nitro groups is 1. The number of non-ortho nitro benzene ring substituents is 1. The highest BCUT2D eigenvalue weighted by Crippen LogP contribution is 2.33. The van der Waals surface area contributed by atoms with Gasteiger partial charge in [0.1, 0.15) is 5.75 Å². The number of hydrogen-bond acceptors (Lipinski definition) is 6. The molecule has 0 radical (unpaired) electrons. The van der Waals surface area contributed by atoms with Crippen LogP contribution in [0, 0.1) is 10.1 Å². The lowest BCUT2D eigenvalue weighted by Gasteiger charge is -2.12. The number of hydrogen-bond donors (Lipinski definition) is 1. The van der Waals surface area contributed by atoms with Crippen LogP contribution in [0.5, 0.6) is 17.2 Å². The Morgan fingerprint density at radius 2 is 1.89 bits per heavy atom. The first-order valence-corrected chi connectivity index (χ1v) is 9.28. The van der Waals surface area contributed by atoms with E-state index in [4.69, 9.17) is 14.2 Å². The molecule has 150 valence electrons. The first kappa shape index (κ1) is 21.5. The molecular weight excluding hydrogens is 432 g/mol. The topological polar surface area (TPSA) is 99.9 Å². The third-order valence-corrected chi connectivity index (χ3v) is 4.63. The van der Waals surface area contributed by atoms with Crippen molar-refractivity contribution in [3.8, 4) is 17.2 Å². The number of carbonyl (C=O) groups is 1. The van der Waals surface area contributed by atoms with Crippen LogP contribution in [0.3, 0.4) is 0 Å². The van der Waals surface area contributed by atoms with Crippen molar-refractivity contribution in [3.63, 3.8) is 0 Å². The Morgan fingerprint density at radius 3 is 2.57 bits per heavy atom. The maximum atomic E-state index is 12.0. The Hall–Kier alpha value is -2.81. The highest BCUT2D eigenvalue weighted by atomic mass is 79.9. The Labute approximate surface area is 171 Å². The van der Waals surface area contributed by atoms with Crippen molar-refractivity contribution in [3.05, 3.63) is 56.5 Å². The maximum absolute atomic E-state index is 12.0. The molecule has 8 nitrogen and oxygen atoms in total. The van der Waals surface area contributed by atoms with Crippen LogP contribution in [0.1, 0.15) is 12.0 Å². The van der Waals surface area contributed by atoms with E-state index in [2.05, 4.69) is 21.2 Å². The average molecular weight is 453 g/mol. The van der Waals surface area contributed by atoms with Crippen molar-refractivity contribution >= 4 is 27.5 Å². The van der Waals surface area contributed by atoms with Crippen molar-refractivity contribution in [2.45, 2.75) is 12.8 Å². The number of carbonyl (C=O) groups excluding carboxylic acids is 1. The van der Waals surface area contributed by atoms with Gasteiger partial charge in [0.25, 0.3) is 5.69 Å². The number of nitro benzene ring substituents is 1. The second-order valence-electron chi connectivity index (χ2n) is 5.75. The normalized spacial score (nSPS) is 10.2. The van der Waals surface area contributed by atoms with Gasteiger partial charge in [0, 0.05) is 17.1 Å². The standard InChI is InChI=1S/C19H21BrN2O6/c1-26-17-10-13(16(20)12-18(17)27-2)6-8-21-19(23)7-9-28-15-5-3-4-14(11-15)22(24)25/h3-5,10-12H,6-9H2,1-2H3,(H,21,23). The van der Waals surface area contributed by atoms with Gasteiger partial charge in [-0.1, -0.05) is 22.0 Å². The molecule has 0 unspecified atom stereocenters. The fourth-order valence-electron chi connectivity index (χ4n) is 2.46. The molecule has 0 spiro atoms. The predicted molar refractivity (Wildman–Crippen MR) is 107 cm³/mol. The van der Waals surface area contributed by atoms with Crippen molar-refractivity contribution in [1.29, 1.82) is 0 Å². The molecule has 0 aromatic heterocycles. The number of methoxy groups -OCH3 is 2. The van der Waals surface area contributed by atoms with Crippen LogP contribution in [0.25, 0.3) is 0 Å². The molecule has 0 saturated carbocycles. The molecule has 0 aliphatic carbocycles. The summed E-state index contributed by atoms with van der Waals surface area (Å²) in [6, 6.07) is 9.54. The highest BCUT2D eigenvalue weighted by molar-refractivity contribution is 9.10. The van der Waals surface area contributed by atoms with Gasteiger partial charge in [-0.15, -0.1) is 0 Å². The lowest BCUT2D eigenvalue weighted by molar-refractivity contribution is -0.384. The van der Waals surface area contributed by atoms with Gasteiger partial charge in [-0.3, -0.25) is 14.9 Å². The van der Waals surface area contributed by atoms with Crippen molar-refractivity contribution in [2.75, 3.05) is 27.4 Å². The van der Waals surface area contributed by atoms with Crippen molar-refractivity contribution < 1.29 is 23.9 Å². The van der Waals surface area contributed by atoms with Crippen LogP contribution in [0.15, 0.2) is 40.9 Å². The zero-order valence-corrected chi connectivity index (χ0v) is 17.2. The number of nitrogens with one attached hydrogen (secondary N) is 1. The summed E-state index contributed by atoms with van der Waals surface area (Å²) in [5.74, 6) is 1.44. The largest absolute Gasteiger partial charge is 0.493 e. The first-order valence-electron chi connectivity index (χ1n) is 8.49. The van der Waals surface area contributed by atoms with E-state index in [0.29, 0.717) is 30.2 Å². The Balaban J connectivity index is 1.77. The summed E-state index contributed by atoms with van der Waals surface area (Å²) >= 11 is 3.49. The van der Waals surface area contributed by atoms with E-state index >= 15 is 0 Å². The summed E-state index contributed by atoms with van der Waals surface area (Å²) in [5, 5.41) is 13.6. The van der Waals surface area contributed by atoms with Gasteiger partial charge < -0.3 is 19.5 Å². The van der Waals surface area contributed by atoms with Gasteiger partial charge >= 0.3 is 0 Å². The maximum Gasteiger partial charge on any atom is 0.273 e. The summed E-state index contributed by atoms with van der Waals surface area (Å²) in [5.41, 5.74) is 0.924. The van der Waals surface area contributed by atoms with Gasteiger partial charge in [-0.2, -0.15) is 0 Å². The van der Waals surface area contributed by atoms with Gasteiger partial charge in [0.15, 0.2) is 11.5 Å². The van der Waals surface area contributed by atoms with E-state index in [1.165, 1.54) is 18.2 Å². The number of rotatable bonds is 10. The second-order valence-corrected chi connectivity index (χ2v) is 6.61. The average Bonchev–Trinajstić information content (AvgIpc) is 2.69. The summed E-state index contributed by atoms with van der Waals surface area (Å²) in [6.45, 7) is 0.580. The summed E-state index contributed by atoms with van der Waals surface area (Å²) in [4.78, 5) is 22.2. The molecule has 0 atom stereocenters. The van der Waals surface area contributed by atoms with Gasteiger partial charge in [0.05, 0.1) is 38.2 Å². The minimum Gasteiger partial charge on any atom is -0.493 e. The van der Waals surface area contributed by atoms with Gasteiger partial charge in [0.2, 0.25) is 5.91 Å². The lowest BCUT2D eigenvalue weighted by atomic mass is 10.1. The Bertz CT molecular complexity index is 843. The quantitative estimate of drug-likeness (QED) is 0.437. The predicted octanol–water partition coefficient (Wildman–Crippen LogP) is 3.50. The molecule has 0 bridgehead atoms. The molecule has 1 N–H and O–H groups in total. The van der Waals surface area contributed by atoms with Gasteiger partial charge in [-0.05, 0) is 30.2 Å². The number of halogens is 1. The third-order valence-electron chi connectivity index (χ3n) is 3.90. The molecule has 0 fully saturated rings. The highest BCUT2D eigenvalue weighted by Gasteiger charge is 2.10. The number of nitrogens with zero attached hydrogens (tertiary/aromatic N) is 1. The molecule has 0 heterocycles. The molecule has 0 aliphatic rings. The minimum atomic E-state index is -0.494. The van der Waals surface area contributed by atoms with Gasteiger partial charge in [-0.25, -0.2) is 0 Å². The van der Waals surface area contributed by atoms with Crippen LogP contribution in [-0.4, -0.2) is 38.2 Å². The number of ether oxygens (including phenoxy) is 3. The molecule has 0 saturated heterocycles. The van der Waals surface area contributed by atoms with Crippen LogP contribution in [0.4, 0.5) is 5.69 Å². The zero-order valence-electron chi connectivity index (χ0n) is 15.6. The van der Waals surface area contributed by atoms with Crippen LogP contribution in [0.2, 0.25) is 0 Å². The summed E-state index contributed by atoms with van der Waals surface area (Å²) < 4.78 is 16.8. The third kappa shape index (κ3) is 6.12. The van der Waals surface area contributed by atoms with E-state index in [0.717, 1.165) is 10.0 Å². The monoisotopic (exact) mass is 452 g/mol. The second kappa shape index (κ2) is 10.5. The smallest absolute Gasteiger partial charge is 0.273 e. The number of amides is 1. The zero-order chi connectivity index (χ0) is 20.5. The molecule has 2 rings (SSSR count). The summed E-state index contributed by atoms with van der Waals surface area (Å²) in [6.07, 6.45) is 0.758. The van der Waals surface area contributed by atoms with Crippen molar-refractivity contribution in [2.24, 2.45) is 0 Å². The van der Waals surface area contributed by atoms with E-state index in [-0.39, 0.29) is 24.6 Å². The van der Waals surface area contributed by atoms with E-state index in [9.17, 15) is 14.9 Å². The SMILES string of the molecule is COc1cc(Br)c(CCNC(=O)CCOc2cccc([N+](=O)[O-])c2)cc1OC. The molecular formula is C19H21BrN2O6. The number of benzene rings is 2. The van der Waals surface area contributed by atoms with Crippen LogP contribution < -0.4 is 19.5 Å². The Kier molecular flexibility index (Phi) is 8.06. The van der Waals surface area contributed by atoms with E-state index < -0.39 is 4.92 Å². The summed E-state index contributed by atoms with van der Waals surface area (Å²) in [7, 11) is 3.14.